The number of aromatic nitrogens is 2. The minimum absolute atomic E-state index is 0.0678. The molecule has 5 nitrogen and oxygen atoms in total. The lowest BCUT2D eigenvalue weighted by atomic mass is 9.98. The van der Waals surface area contributed by atoms with Crippen molar-refractivity contribution in [3.63, 3.8) is 0 Å². The van der Waals surface area contributed by atoms with Crippen LogP contribution in [-0.4, -0.2) is 28.6 Å². The Morgan fingerprint density at radius 2 is 1.78 bits per heavy atom. The number of aryl methyl sites for hydroxylation is 2. The van der Waals surface area contributed by atoms with Gasteiger partial charge in [0.05, 0.1) is 17.6 Å². The van der Waals surface area contributed by atoms with Gasteiger partial charge < -0.3 is 14.2 Å². The Bertz CT molecular complexity index is 1340. The zero-order chi connectivity index (χ0) is 25.1. The predicted octanol–water partition coefficient (Wildman–Crippen LogP) is 6.85. The van der Waals surface area contributed by atoms with E-state index in [1.807, 2.05) is 29.2 Å². The van der Waals surface area contributed by atoms with Gasteiger partial charge in [0.1, 0.15) is 11.6 Å². The highest BCUT2D eigenvalue weighted by molar-refractivity contribution is 5.96. The fourth-order valence-electron chi connectivity index (χ4n) is 5.14. The van der Waals surface area contributed by atoms with Crippen molar-refractivity contribution in [2.45, 2.75) is 58.4 Å². The lowest BCUT2D eigenvalue weighted by molar-refractivity contribution is -0.117. The zero-order valence-electron chi connectivity index (χ0n) is 21.5. The van der Waals surface area contributed by atoms with E-state index in [1.165, 1.54) is 11.1 Å². The van der Waals surface area contributed by atoms with Crippen LogP contribution in [0.25, 0.3) is 11.0 Å². The first kappa shape index (κ1) is 24.1. The van der Waals surface area contributed by atoms with Crippen molar-refractivity contribution in [3.8, 4) is 5.75 Å². The van der Waals surface area contributed by atoms with Crippen molar-refractivity contribution in [1.29, 1.82) is 0 Å². The number of para-hydroxylation sites is 3. The maximum Gasteiger partial charge on any atom is 0.227 e. The first-order chi connectivity index (χ1) is 17.5. The largest absolute Gasteiger partial charge is 0.493 e. The van der Waals surface area contributed by atoms with E-state index in [1.54, 1.807) is 0 Å². The minimum atomic E-state index is 0.0678. The molecular formula is C31H35N3O2. The Labute approximate surface area is 213 Å². The van der Waals surface area contributed by atoms with E-state index in [2.05, 4.69) is 73.9 Å². The summed E-state index contributed by atoms with van der Waals surface area (Å²) in [5.41, 5.74) is 5.53. The van der Waals surface area contributed by atoms with Crippen molar-refractivity contribution in [2.24, 2.45) is 0 Å². The third-order valence-electron chi connectivity index (χ3n) is 7.37. The van der Waals surface area contributed by atoms with Crippen LogP contribution < -0.4 is 9.64 Å². The van der Waals surface area contributed by atoms with E-state index in [9.17, 15) is 4.79 Å². The summed E-state index contributed by atoms with van der Waals surface area (Å²) in [6, 6.07) is 24.8. The van der Waals surface area contributed by atoms with Crippen molar-refractivity contribution in [2.75, 3.05) is 18.1 Å². The summed E-state index contributed by atoms with van der Waals surface area (Å²) in [6.45, 7) is 8.61. The number of nitrogens with zero attached hydrogens (tertiary/aromatic N) is 3. The van der Waals surface area contributed by atoms with Crippen molar-refractivity contribution in [3.05, 3.63) is 89.7 Å². The van der Waals surface area contributed by atoms with Gasteiger partial charge in [0.25, 0.3) is 0 Å². The molecule has 2 heterocycles. The van der Waals surface area contributed by atoms with Gasteiger partial charge in [-0.3, -0.25) is 4.79 Å². The lowest BCUT2D eigenvalue weighted by Crippen LogP contribution is -2.24. The van der Waals surface area contributed by atoms with Crippen LogP contribution in [0.4, 0.5) is 5.69 Å². The van der Waals surface area contributed by atoms with E-state index in [-0.39, 0.29) is 11.8 Å². The molecule has 1 aromatic heterocycles. The quantitative estimate of drug-likeness (QED) is 0.246. The molecule has 1 saturated heterocycles. The molecule has 0 radical (unpaired) electrons. The summed E-state index contributed by atoms with van der Waals surface area (Å²) >= 11 is 0. The Morgan fingerprint density at radius 1 is 1.03 bits per heavy atom. The molecule has 36 heavy (non-hydrogen) atoms. The predicted molar refractivity (Wildman–Crippen MR) is 146 cm³/mol. The number of rotatable bonds is 9. The average molecular weight is 482 g/mol. The fraction of sp³-hybridized carbons (Fsp3) is 0.355. The summed E-state index contributed by atoms with van der Waals surface area (Å²) < 4.78 is 8.54. The maximum absolute atomic E-state index is 13.0. The molecule has 2 atom stereocenters. The number of carbonyl (C=O) groups excluding carboxylic acids is 1. The molecule has 1 aliphatic rings. The molecule has 1 fully saturated rings. The third kappa shape index (κ3) is 4.88. The van der Waals surface area contributed by atoms with Crippen LogP contribution >= 0.6 is 0 Å². The van der Waals surface area contributed by atoms with Crippen LogP contribution in [0.3, 0.4) is 0 Å². The van der Waals surface area contributed by atoms with E-state index in [0.717, 1.165) is 47.7 Å². The SMILES string of the molecule is CC[C@H](C)c1ccccc1OCCCn1c([C@@H]2CC(=O)N(c3ccc(C)cc3)C2)nc2ccccc21. The highest BCUT2D eigenvalue weighted by atomic mass is 16.5. The van der Waals surface area contributed by atoms with Crippen molar-refractivity contribution in [1.82, 2.24) is 9.55 Å². The number of anilines is 1. The smallest absolute Gasteiger partial charge is 0.227 e. The molecule has 1 aliphatic heterocycles. The molecule has 0 spiro atoms. The first-order valence-electron chi connectivity index (χ1n) is 13.1. The Morgan fingerprint density at radius 3 is 2.58 bits per heavy atom. The van der Waals surface area contributed by atoms with Gasteiger partial charge >= 0.3 is 0 Å². The zero-order valence-corrected chi connectivity index (χ0v) is 21.5. The van der Waals surface area contributed by atoms with Gasteiger partial charge in [-0.15, -0.1) is 0 Å². The summed E-state index contributed by atoms with van der Waals surface area (Å²) in [4.78, 5) is 19.9. The van der Waals surface area contributed by atoms with Crippen LogP contribution in [0.15, 0.2) is 72.8 Å². The van der Waals surface area contributed by atoms with Crippen LogP contribution in [-0.2, 0) is 11.3 Å². The number of ether oxygens (including phenoxy) is 1. The van der Waals surface area contributed by atoms with Gasteiger partial charge in [-0.2, -0.15) is 0 Å². The minimum Gasteiger partial charge on any atom is -0.493 e. The number of fused-ring (bicyclic) bond motifs is 1. The van der Waals surface area contributed by atoms with Crippen molar-refractivity contribution >= 4 is 22.6 Å². The lowest BCUT2D eigenvalue weighted by Gasteiger charge is -2.18. The van der Waals surface area contributed by atoms with Gasteiger partial charge in [-0.25, -0.2) is 4.98 Å². The van der Waals surface area contributed by atoms with Gasteiger partial charge in [0.15, 0.2) is 0 Å². The molecule has 0 N–H and O–H groups in total. The van der Waals surface area contributed by atoms with Crippen LogP contribution in [0, 0.1) is 6.92 Å². The van der Waals surface area contributed by atoms with Gasteiger partial charge in [0, 0.05) is 31.1 Å². The third-order valence-corrected chi connectivity index (χ3v) is 7.37. The number of imidazole rings is 1. The summed E-state index contributed by atoms with van der Waals surface area (Å²) in [5.74, 6) is 2.68. The number of carbonyl (C=O) groups is 1. The summed E-state index contributed by atoms with van der Waals surface area (Å²) in [5, 5.41) is 0. The number of hydrogen-bond donors (Lipinski definition) is 0. The second-order valence-corrected chi connectivity index (χ2v) is 9.90. The van der Waals surface area contributed by atoms with Gasteiger partial charge in [0.2, 0.25) is 5.91 Å². The molecule has 5 heteroatoms. The fourth-order valence-corrected chi connectivity index (χ4v) is 5.14. The standard InChI is InChI=1S/C31H35N3O2/c1-4-23(3)26-10-5-8-13-29(26)36-19-9-18-33-28-12-7-6-11-27(28)32-31(33)24-20-30(35)34(21-24)25-16-14-22(2)15-17-25/h5-8,10-17,23-24H,4,9,18-21H2,1-3H3/t23-,24+/m0/s1. The number of amides is 1. The maximum atomic E-state index is 13.0. The summed E-state index contributed by atoms with van der Waals surface area (Å²) in [7, 11) is 0. The van der Waals surface area contributed by atoms with Crippen molar-refractivity contribution < 1.29 is 9.53 Å². The Kier molecular flexibility index (Phi) is 7.08. The normalized spacial score (nSPS) is 16.6. The first-order valence-corrected chi connectivity index (χ1v) is 13.1. The van der Waals surface area contributed by atoms with E-state index < -0.39 is 0 Å². The molecule has 0 aliphatic carbocycles. The molecule has 186 valence electrons. The van der Waals surface area contributed by atoms with E-state index in [4.69, 9.17) is 9.72 Å². The van der Waals surface area contributed by atoms with E-state index >= 15 is 0 Å². The second kappa shape index (κ2) is 10.6. The van der Waals surface area contributed by atoms with E-state index in [0.29, 0.717) is 25.5 Å². The topological polar surface area (TPSA) is 47.4 Å². The van der Waals surface area contributed by atoms with Crippen LogP contribution in [0.5, 0.6) is 5.75 Å². The Balaban J connectivity index is 1.33. The molecule has 0 unspecified atom stereocenters. The molecular weight excluding hydrogens is 446 g/mol. The number of benzene rings is 3. The highest BCUT2D eigenvalue weighted by Crippen LogP contribution is 2.34. The molecule has 5 rings (SSSR count). The monoisotopic (exact) mass is 481 g/mol. The van der Waals surface area contributed by atoms with Crippen LogP contribution in [0.2, 0.25) is 0 Å². The molecule has 0 saturated carbocycles. The second-order valence-electron chi connectivity index (χ2n) is 9.90. The van der Waals surface area contributed by atoms with Crippen LogP contribution in [0.1, 0.15) is 61.9 Å². The molecule has 0 bridgehead atoms. The molecule has 1 amide bonds. The highest BCUT2D eigenvalue weighted by Gasteiger charge is 2.34. The van der Waals surface area contributed by atoms with Gasteiger partial charge in [-0.05, 0) is 61.6 Å². The summed E-state index contributed by atoms with van der Waals surface area (Å²) in [6.07, 6.45) is 2.44. The average Bonchev–Trinajstić information content (AvgIpc) is 3.47. The number of hydrogen-bond acceptors (Lipinski definition) is 3. The molecule has 3 aromatic carbocycles. The van der Waals surface area contributed by atoms with Gasteiger partial charge in [-0.1, -0.05) is 61.9 Å². The molecule has 4 aromatic rings. The Hall–Kier alpha value is -3.60.